The molecular weight excluding hydrogens is 296 g/mol. The molecule has 0 saturated carbocycles. The first-order valence-electron chi connectivity index (χ1n) is 5.16. The Morgan fingerprint density at radius 1 is 1.56 bits per heavy atom. The van der Waals surface area contributed by atoms with E-state index in [1.54, 1.807) is 36.7 Å². The molecule has 0 bridgehead atoms. The van der Waals surface area contributed by atoms with Crippen LogP contribution in [-0.4, -0.2) is 15.7 Å². The van der Waals surface area contributed by atoms with Crippen LogP contribution in [0.25, 0.3) is 0 Å². The Hall–Kier alpha value is -2.13. The number of halogens is 1. The highest BCUT2D eigenvalue weighted by molar-refractivity contribution is 9.10. The molecule has 0 aliphatic carbocycles. The molecule has 0 aliphatic heterocycles. The van der Waals surface area contributed by atoms with Gasteiger partial charge < -0.3 is 5.32 Å². The molecule has 2 aromatic rings. The fourth-order valence-electron chi connectivity index (χ4n) is 1.45. The Labute approximate surface area is 112 Å². The predicted molar refractivity (Wildman–Crippen MR) is 69.7 cm³/mol. The van der Waals surface area contributed by atoms with Crippen LogP contribution in [0.1, 0.15) is 5.56 Å². The van der Waals surface area contributed by atoms with Gasteiger partial charge >= 0.3 is 0 Å². The zero-order valence-corrected chi connectivity index (χ0v) is 10.9. The molecule has 1 N–H and O–H groups in total. The molecule has 90 valence electrons. The van der Waals surface area contributed by atoms with Crippen LogP contribution >= 0.6 is 15.9 Å². The van der Waals surface area contributed by atoms with Crippen molar-refractivity contribution in [3.63, 3.8) is 0 Å². The van der Waals surface area contributed by atoms with Crippen molar-refractivity contribution in [2.24, 2.45) is 0 Å². The second kappa shape index (κ2) is 5.47. The van der Waals surface area contributed by atoms with Gasteiger partial charge in [-0.15, -0.1) is 0 Å². The van der Waals surface area contributed by atoms with Gasteiger partial charge in [-0.2, -0.15) is 10.4 Å². The smallest absolute Gasteiger partial charge is 0.246 e. The average Bonchev–Trinajstić information content (AvgIpc) is 2.84. The number of amides is 1. The van der Waals surface area contributed by atoms with Gasteiger partial charge in [-0.05, 0) is 24.3 Å². The van der Waals surface area contributed by atoms with Crippen LogP contribution in [0.2, 0.25) is 0 Å². The Bertz CT molecular complexity index is 601. The Morgan fingerprint density at radius 3 is 3.06 bits per heavy atom. The molecule has 6 heteroatoms. The number of rotatable bonds is 3. The van der Waals surface area contributed by atoms with Crippen molar-refractivity contribution < 1.29 is 4.79 Å². The molecule has 2 rings (SSSR count). The predicted octanol–water partition coefficient (Wildman–Crippen LogP) is 2.16. The SMILES string of the molecule is N#Cc1cc(Br)ccc1NC(=O)Cn1cccn1. The standard InChI is InChI=1S/C12H9BrN4O/c13-10-2-3-11(9(6-10)7-14)16-12(18)8-17-5-1-4-15-17/h1-6H,8H2,(H,16,18). The average molecular weight is 305 g/mol. The Morgan fingerprint density at radius 2 is 2.39 bits per heavy atom. The molecular formula is C12H9BrN4O. The summed E-state index contributed by atoms with van der Waals surface area (Å²) in [5.41, 5.74) is 0.913. The van der Waals surface area contributed by atoms with Crippen molar-refractivity contribution >= 4 is 27.5 Å². The minimum atomic E-state index is -0.225. The van der Waals surface area contributed by atoms with E-state index in [0.29, 0.717) is 11.3 Å². The zero-order chi connectivity index (χ0) is 13.0. The lowest BCUT2D eigenvalue weighted by Crippen LogP contribution is -2.19. The van der Waals surface area contributed by atoms with Crippen molar-refractivity contribution in [1.82, 2.24) is 9.78 Å². The summed E-state index contributed by atoms with van der Waals surface area (Å²) < 4.78 is 2.31. The van der Waals surface area contributed by atoms with E-state index in [2.05, 4.69) is 26.3 Å². The summed E-state index contributed by atoms with van der Waals surface area (Å²) in [4.78, 5) is 11.7. The lowest BCUT2D eigenvalue weighted by Gasteiger charge is -2.07. The van der Waals surface area contributed by atoms with Crippen LogP contribution in [0.3, 0.4) is 0 Å². The molecule has 0 unspecified atom stereocenters. The van der Waals surface area contributed by atoms with E-state index in [9.17, 15) is 4.79 Å². The summed E-state index contributed by atoms with van der Waals surface area (Å²) in [6.45, 7) is 0.119. The molecule has 5 nitrogen and oxygen atoms in total. The van der Waals surface area contributed by atoms with Crippen LogP contribution in [0.4, 0.5) is 5.69 Å². The van der Waals surface area contributed by atoms with Crippen LogP contribution in [-0.2, 0) is 11.3 Å². The summed E-state index contributed by atoms with van der Waals surface area (Å²) in [6, 6.07) is 8.89. The molecule has 0 spiro atoms. The normalized spacial score (nSPS) is 9.78. The zero-order valence-electron chi connectivity index (χ0n) is 9.30. The van der Waals surface area contributed by atoms with Crippen molar-refractivity contribution in [2.75, 3.05) is 5.32 Å². The molecule has 1 aromatic carbocycles. The summed E-state index contributed by atoms with van der Waals surface area (Å²) >= 11 is 3.27. The second-order valence-corrected chi connectivity index (χ2v) is 4.47. The van der Waals surface area contributed by atoms with Crippen LogP contribution in [0.5, 0.6) is 0 Å². The lowest BCUT2D eigenvalue weighted by atomic mass is 10.2. The van der Waals surface area contributed by atoms with Crippen LogP contribution in [0, 0.1) is 11.3 Å². The van der Waals surface area contributed by atoms with Crippen molar-refractivity contribution in [1.29, 1.82) is 5.26 Å². The fourth-order valence-corrected chi connectivity index (χ4v) is 1.81. The number of anilines is 1. The first kappa shape index (κ1) is 12.3. The van der Waals surface area contributed by atoms with Crippen LogP contribution < -0.4 is 5.32 Å². The molecule has 0 aliphatic rings. The van der Waals surface area contributed by atoms with Gasteiger partial charge in [0.15, 0.2) is 0 Å². The first-order chi connectivity index (χ1) is 8.69. The Balaban J connectivity index is 2.10. The third-order valence-corrected chi connectivity index (χ3v) is 2.73. The van der Waals surface area contributed by atoms with Gasteiger partial charge in [0.2, 0.25) is 5.91 Å². The topological polar surface area (TPSA) is 70.7 Å². The van der Waals surface area contributed by atoms with Crippen LogP contribution in [0.15, 0.2) is 41.1 Å². The third kappa shape index (κ3) is 2.96. The van der Waals surface area contributed by atoms with Gasteiger partial charge in [0.05, 0.1) is 11.3 Å². The van der Waals surface area contributed by atoms with E-state index in [1.165, 1.54) is 4.68 Å². The number of carbonyl (C=O) groups excluding carboxylic acids is 1. The fraction of sp³-hybridized carbons (Fsp3) is 0.0833. The van der Waals surface area contributed by atoms with Gasteiger partial charge in [-0.25, -0.2) is 0 Å². The minimum absolute atomic E-state index is 0.119. The summed E-state index contributed by atoms with van der Waals surface area (Å²) in [6.07, 6.45) is 3.31. The largest absolute Gasteiger partial charge is 0.323 e. The molecule has 1 aromatic heterocycles. The van der Waals surface area contributed by atoms with E-state index in [-0.39, 0.29) is 12.5 Å². The molecule has 1 heterocycles. The Kier molecular flexibility index (Phi) is 3.75. The summed E-state index contributed by atoms with van der Waals surface area (Å²) in [7, 11) is 0. The number of nitrogens with zero attached hydrogens (tertiary/aromatic N) is 3. The first-order valence-corrected chi connectivity index (χ1v) is 5.95. The number of carbonyl (C=O) groups is 1. The quantitative estimate of drug-likeness (QED) is 0.944. The molecule has 0 radical (unpaired) electrons. The second-order valence-electron chi connectivity index (χ2n) is 3.55. The third-order valence-electron chi connectivity index (χ3n) is 2.24. The minimum Gasteiger partial charge on any atom is -0.323 e. The number of hydrogen-bond acceptors (Lipinski definition) is 3. The van der Waals surface area contributed by atoms with E-state index in [4.69, 9.17) is 5.26 Å². The molecule has 1 amide bonds. The van der Waals surface area contributed by atoms with Gasteiger partial charge in [-0.3, -0.25) is 9.48 Å². The van der Waals surface area contributed by atoms with Gasteiger partial charge in [0, 0.05) is 16.9 Å². The lowest BCUT2D eigenvalue weighted by molar-refractivity contribution is -0.116. The number of hydrogen-bond donors (Lipinski definition) is 1. The van der Waals surface area contributed by atoms with E-state index in [1.807, 2.05) is 6.07 Å². The summed E-state index contributed by atoms with van der Waals surface area (Å²) in [5, 5.41) is 15.6. The molecule has 0 saturated heterocycles. The molecule has 0 atom stereocenters. The highest BCUT2D eigenvalue weighted by Gasteiger charge is 2.07. The number of benzene rings is 1. The highest BCUT2D eigenvalue weighted by atomic mass is 79.9. The van der Waals surface area contributed by atoms with Gasteiger partial charge in [0.1, 0.15) is 12.6 Å². The number of nitrogens with one attached hydrogen (secondary N) is 1. The number of aromatic nitrogens is 2. The van der Waals surface area contributed by atoms with E-state index in [0.717, 1.165) is 4.47 Å². The number of nitriles is 1. The van der Waals surface area contributed by atoms with E-state index < -0.39 is 0 Å². The molecule has 18 heavy (non-hydrogen) atoms. The highest BCUT2D eigenvalue weighted by Crippen LogP contribution is 2.20. The maximum absolute atomic E-state index is 11.7. The maximum atomic E-state index is 11.7. The molecule has 0 fully saturated rings. The van der Waals surface area contributed by atoms with E-state index >= 15 is 0 Å². The van der Waals surface area contributed by atoms with Crippen molar-refractivity contribution in [3.05, 3.63) is 46.7 Å². The monoisotopic (exact) mass is 304 g/mol. The van der Waals surface area contributed by atoms with Gasteiger partial charge in [-0.1, -0.05) is 15.9 Å². The van der Waals surface area contributed by atoms with Crippen molar-refractivity contribution in [2.45, 2.75) is 6.54 Å². The van der Waals surface area contributed by atoms with Crippen molar-refractivity contribution in [3.8, 4) is 6.07 Å². The maximum Gasteiger partial charge on any atom is 0.246 e. The van der Waals surface area contributed by atoms with Gasteiger partial charge in [0.25, 0.3) is 0 Å². The summed E-state index contributed by atoms with van der Waals surface area (Å²) in [5.74, 6) is -0.225.